The van der Waals surface area contributed by atoms with Crippen LogP contribution >= 0.6 is 0 Å². The summed E-state index contributed by atoms with van der Waals surface area (Å²) >= 11 is 0. The molecule has 1 aromatic carbocycles. The molecule has 0 fully saturated rings. The Hall–Kier alpha value is -2.08. The first-order valence-electron chi connectivity index (χ1n) is 5.57. The lowest BCUT2D eigenvalue weighted by molar-refractivity contribution is -0.140. The van der Waals surface area contributed by atoms with Crippen LogP contribution in [-0.2, 0) is 4.79 Å². The van der Waals surface area contributed by atoms with Gasteiger partial charge in [-0.05, 0) is 31.2 Å². The van der Waals surface area contributed by atoms with Crippen molar-refractivity contribution in [2.45, 2.75) is 13.0 Å². The van der Waals surface area contributed by atoms with Gasteiger partial charge >= 0.3 is 5.97 Å². The second kappa shape index (κ2) is 6.61. The molecule has 0 spiro atoms. The van der Waals surface area contributed by atoms with Crippen molar-refractivity contribution >= 4 is 17.6 Å². The molecule has 0 aromatic heterocycles. The van der Waals surface area contributed by atoms with Gasteiger partial charge in [-0.2, -0.15) is 0 Å². The van der Waals surface area contributed by atoms with Gasteiger partial charge in [0.15, 0.2) is 6.04 Å². The van der Waals surface area contributed by atoms with Gasteiger partial charge in [0.2, 0.25) is 0 Å². The molecule has 0 aliphatic carbocycles. The normalized spacial score (nSPS) is 11.7. The minimum absolute atomic E-state index is 0.344. The topological polar surface area (TPSA) is 98.7 Å². The van der Waals surface area contributed by atoms with Crippen LogP contribution in [0.4, 0.5) is 5.69 Å². The molecule has 0 saturated heterocycles. The maximum Gasteiger partial charge on any atom is 0.328 e. The Morgan fingerprint density at radius 1 is 1.28 bits per heavy atom. The van der Waals surface area contributed by atoms with E-state index < -0.39 is 24.5 Å². The largest absolute Gasteiger partial charge is 0.480 e. The highest BCUT2D eigenvalue weighted by Crippen LogP contribution is 2.09. The molecule has 1 rings (SSSR count). The highest BCUT2D eigenvalue weighted by molar-refractivity contribution is 5.96. The third-order valence-electron chi connectivity index (χ3n) is 2.31. The smallest absolute Gasteiger partial charge is 0.328 e. The Morgan fingerprint density at radius 2 is 1.89 bits per heavy atom. The standard InChI is InChI=1S/C12H16N2O4/c1-2-13-9-5-3-8(4-6-9)11(16)14-10(7-15)12(17)18/h3-6,10,13,15H,2,7H2,1H3,(H,14,16)(H,17,18). The summed E-state index contributed by atoms with van der Waals surface area (Å²) in [4.78, 5) is 22.3. The minimum Gasteiger partial charge on any atom is -0.480 e. The van der Waals surface area contributed by atoms with Crippen molar-refractivity contribution in [3.63, 3.8) is 0 Å². The third kappa shape index (κ3) is 3.74. The fourth-order valence-corrected chi connectivity index (χ4v) is 1.37. The Balaban J connectivity index is 2.69. The molecular formula is C12H16N2O4. The zero-order valence-electron chi connectivity index (χ0n) is 10.0. The molecule has 1 amide bonds. The molecule has 0 aliphatic heterocycles. The zero-order valence-corrected chi connectivity index (χ0v) is 10.0. The van der Waals surface area contributed by atoms with E-state index in [1.165, 1.54) is 0 Å². The maximum absolute atomic E-state index is 11.7. The summed E-state index contributed by atoms with van der Waals surface area (Å²) in [5.74, 6) is -1.80. The Labute approximate surface area is 105 Å². The van der Waals surface area contributed by atoms with Crippen molar-refractivity contribution in [1.82, 2.24) is 5.32 Å². The Morgan fingerprint density at radius 3 is 2.33 bits per heavy atom. The van der Waals surface area contributed by atoms with Crippen LogP contribution in [0.5, 0.6) is 0 Å². The number of nitrogens with one attached hydrogen (secondary N) is 2. The van der Waals surface area contributed by atoms with Crippen LogP contribution in [0.3, 0.4) is 0 Å². The number of carbonyl (C=O) groups excluding carboxylic acids is 1. The van der Waals surface area contributed by atoms with Crippen LogP contribution < -0.4 is 10.6 Å². The summed E-state index contributed by atoms with van der Waals surface area (Å²) in [5.41, 5.74) is 1.22. The van der Waals surface area contributed by atoms with Gasteiger partial charge in [-0.1, -0.05) is 0 Å². The predicted molar refractivity (Wildman–Crippen MR) is 66.6 cm³/mol. The van der Waals surface area contributed by atoms with Gasteiger partial charge < -0.3 is 20.8 Å². The van der Waals surface area contributed by atoms with Crippen molar-refractivity contribution in [2.24, 2.45) is 0 Å². The molecule has 98 valence electrons. The Bertz CT molecular complexity index is 417. The molecule has 18 heavy (non-hydrogen) atoms. The van der Waals surface area contributed by atoms with Gasteiger partial charge in [0.1, 0.15) is 0 Å². The summed E-state index contributed by atoms with van der Waals surface area (Å²) in [6, 6.07) is 5.35. The molecule has 0 radical (unpaired) electrons. The number of benzene rings is 1. The minimum atomic E-state index is -1.29. The van der Waals surface area contributed by atoms with E-state index in [0.717, 1.165) is 12.2 Å². The highest BCUT2D eigenvalue weighted by atomic mass is 16.4. The number of aliphatic hydroxyl groups excluding tert-OH is 1. The monoisotopic (exact) mass is 252 g/mol. The number of hydrogen-bond acceptors (Lipinski definition) is 4. The second-order valence-corrected chi connectivity index (χ2v) is 3.65. The van der Waals surface area contributed by atoms with Gasteiger partial charge in [-0.25, -0.2) is 4.79 Å². The summed E-state index contributed by atoms with van der Waals surface area (Å²) in [6.45, 7) is 2.09. The number of anilines is 1. The van der Waals surface area contributed by atoms with E-state index in [0.29, 0.717) is 5.56 Å². The molecule has 1 atom stereocenters. The number of rotatable bonds is 6. The lowest BCUT2D eigenvalue weighted by Crippen LogP contribution is -2.43. The lowest BCUT2D eigenvalue weighted by Gasteiger charge is -2.11. The third-order valence-corrected chi connectivity index (χ3v) is 2.31. The van der Waals surface area contributed by atoms with Crippen molar-refractivity contribution < 1.29 is 19.8 Å². The molecule has 0 saturated carbocycles. The average molecular weight is 252 g/mol. The van der Waals surface area contributed by atoms with Crippen LogP contribution in [0.2, 0.25) is 0 Å². The molecule has 1 aromatic rings. The van der Waals surface area contributed by atoms with Crippen molar-refractivity contribution in [1.29, 1.82) is 0 Å². The van der Waals surface area contributed by atoms with Gasteiger partial charge in [-0.15, -0.1) is 0 Å². The highest BCUT2D eigenvalue weighted by Gasteiger charge is 2.19. The number of hydrogen-bond donors (Lipinski definition) is 4. The zero-order chi connectivity index (χ0) is 13.5. The summed E-state index contributed by atoms with van der Waals surface area (Å²) in [5, 5.41) is 22.8. The van der Waals surface area contributed by atoms with Gasteiger partial charge in [0.25, 0.3) is 5.91 Å². The lowest BCUT2D eigenvalue weighted by atomic mass is 10.2. The number of aliphatic hydroxyl groups is 1. The number of amides is 1. The van der Waals surface area contributed by atoms with Crippen molar-refractivity contribution in [2.75, 3.05) is 18.5 Å². The van der Waals surface area contributed by atoms with E-state index >= 15 is 0 Å². The number of carbonyl (C=O) groups is 2. The van der Waals surface area contributed by atoms with Crippen molar-refractivity contribution in [3.8, 4) is 0 Å². The summed E-state index contributed by atoms with van der Waals surface area (Å²) in [7, 11) is 0. The SMILES string of the molecule is CCNc1ccc(C(=O)NC(CO)C(=O)O)cc1. The number of aliphatic carboxylic acids is 1. The van der Waals surface area contributed by atoms with Gasteiger partial charge in [-0.3, -0.25) is 4.79 Å². The average Bonchev–Trinajstić information content (AvgIpc) is 2.36. The van der Waals surface area contributed by atoms with E-state index in [-0.39, 0.29) is 0 Å². The predicted octanol–water partition coefficient (Wildman–Crippen LogP) is 0.294. The number of carboxylic acid groups (broad SMARTS) is 1. The fourth-order valence-electron chi connectivity index (χ4n) is 1.37. The van der Waals surface area contributed by atoms with E-state index in [4.69, 9.17) is 10.2 Å². The first kappa shape index (κ1) is 14.0. The summed E-state index contributed by atoms with van der Waals surface area (Å²) < 4.78 is 0. The Kier molecular flexibility index (Phi) is 5.13. The quantitative estimate of drug-likeness (QED) is 0.583. The molecule has 0 heterocycles. The second-order valence-electron chi connectivity index (χ2n) is 3.65. The van der Waals surface area contributed by atoms with Gasteiger partial charge in [0.05, 0.1) is 6.61 Å². The maximum atomic E-state index is 11.7. The fraction of sp³-hybridized carbons (Fsp3) is 0.333. The number of carboxylic acids is 1. The van der Waals surface area contributed by atoms with Gasteiger partial charge in [0, 0.05) is 17.8 Å². The van der Waals surface area contributed by atoms with E-state index in [1.54, 1.807) is 24.3 Å². The first-order valence-corrected chi connectivity index (χ1v) is 5.57. The van der Waals surface area contributed by atoms with Crippen LogP contribution in [-0.4, -0.2) is 41.3 Å². The molecule has 6 heteroatoms. The molecular weight excluding hydrogens is 236 g/mol. The van der Waals surface area contributed by atoms with Crippen LogP contribution in [0.25, 0.3) is 0 Å². The molecule has 4 N–H and O–H groups in total. The van der Waals surface area contributed by atoms with Crippen LogP contribution in [0.15, 0.2) is 24.3 Å². The van der Waals surface area contributed by atoms with E-state index in [9.17, 15) is 9.59 Å². The summed E-state index contributed by atoms with van der Waals surface area (Å²) in [6.07, 6.45) is 0. The molecule has 0 aliphatic rings. The van der Waals surface area contributed by atoms with E-state index in [2.05, 4.69) is 10.6 Å². The molecule has 0 bridgehead atoms. The van der Waals surface area contributed by atoms with E-state index in [1.807, 2.05) is 6.92 Å². The van der Waals surface area contributed by atoms with Crippen LogP contribution in [0, 0.1) is 0 Å². The van der Waals surface area contributed by atoms with Crippen LogP contribution in [0.1, 0.15) is 17.3 Å². The molecule has 6 nitrogen and oxygen atoms in total. The first-order chi connectivity index (χ1) is 8.58. The molecule has 1 unspecified atom stereocenters. The van der Waals surface area contributed by atoms with Crippen molar-refractivity contribution in [3.05, 3.63) is 29.8 Å².